The highest BCUT2D eigenvalue weighted by molar-refractivity contribution is 5.96. The Labute approximate surface area is 129 Å². The average Bonchev–Trinajstić information content (AvgIpc) is 2.55. The highest BCUT2D eigenvalue weighted by atomic mass is 16.2. The van der Waals surface area contributed by atoms with E-state index >= 15 is 0 Å². The van der Waals surface area contributed by atoms with E-state index in [1.165, 1.54) is 0 Å². The summed E-state index contributed by atoms with van der Waals surface area (Å²) in [5.74, 6) is -0.544. The summed E-state index contributed by atoms with van der Waals surface area (Å²) in [5.41, 5.74) is 2.11. The normalized spacial score (nSPS) is 10.0. The summed E-state index contributed by atoms with van der Waals surface area (Å²) < 4.78 is 0. The first-order valence-corrected chi connectivity index (χ1v) is 7.20. The van der Waals surface area contributed by atoms with Crippen molar-refractivity contribution in [1.29, 1.82) is 0 Å². The van der Waals surface area contributed by atoms with Crippen LogP contribution < -0.4 is 10.6 Å². The molecule has 0 unspecified atom stereocenters. The molecule has 0 spiro atoms. The first-order chi connectivity index (χ1) is 10.7. The summed E-state index contributed by atoms with van der Waals surface area (Å²) in [6.45, 7) is 0.930. The fraction of sp³-hybridized carbons (Fsp3) is 0.235. The second-order valence-corrected chi connectivity index (χ2v) is 4.89. The zero-order valence-electron chi connectivity index (χ0n) is 12.3. The number of benzene rings is 1. The summed E-state index contributed by atoms with van der Waals surface area (Å²) in [6, 6.07) is 13.5. The summed E-state index contributed by atoms with van der Waals surface area (Å²) in [4.78, 5) is 27.2. The van der Waals surface area contributed by atoms with E-state index in [2.05, 4.69) is 15.6 Å². The van der Waals surface area contributed by atoms with E-state index in [0.29, 0.717) is 13.1 Å². The predicted octanol–water partition coefficient (Wildman–Crippen LogP) is 1.45. The van der Waals surface area contributed by atoms with Gasteiger partial charge in [0, 0.05) is 25.5 Å². The second-order valence-electron chi connectivity index (χ2n) is 4.89. The van der Waals surface area contributed by atoms with Gasteiger partial charge in [-0.3, -0.25) is 14.6 Å². The van der Waals surface area contributed by atoms with Crippen molar-refractivity contribution in [3.05, 3.63) is 66.0 Å². The molecule has 0 saturated carbocycles. The highest BCUT2D eigenvalue weighted by Crippen LogP contribution is 1.98. The lowest BCUT2D eigenvalue weighted by Gasteiger charge is -2.07. The van der Waals surface area contributed by atoms with Crippen LogP contribution in [0.1, 0.15) is 17.5 Å². The van der Waals surface area contributed by atoms with Crippen LogP contribution in [-0.4, -0.2) is 23.3 Å². The Morgan fingerprint density at radius 1 is 0.864 bits per heavy atom. The third-order valence-electron chi connectivity index (χ3n) is 3.14. The number of hydrogen-bond acceptors (Lipinski definition) is 3. The number of pyridine rings is 1. The SMILES string of the molecule is O=C(CC(=O)NCc1ccncc1)NCCc1ccccc1. The van der Waals surface area contributed by atoms with Crippen LogP contribution in [0.5, 0.6) is 0 Å². The predicted molar refractivity (Wildman–Crippen MR) is 83.9 cm³/mol. The molecule has 1 aromatic carbocycles. The van der Waals surface area contributed by atoms with Crippen LogP contribution in [-0.2, 0) is 22.6 Å². The number of amides is 2. The van der Waals surface area contributed by atoms with Crippen molar-refractivity contribution in [2.75, 3.05) is 6.54 Å². The molecular weight excluding hydrogens is 278 g/mol. The Balaban J connectivity index is 1.63. The van der Waals surface area contributed by atoms with E-state index in [9.17, 15) is 9.59 Å². The fourth-order valence-electron chi connectivity index (χ4n) is 1.96. The summed E-state index contributed by atoms with van der Waals surface area (Å²) in [7, 11) is 0. The van der Waals surface area contributed by atoms with E-state index in [1.807, 2.05) is 42.5 Å². The number of aromatic nitrogens is 1. The lowest BCUT2D eigenvalue weighted by Crippen LogP contribution is -2.32. The average molecular weight is 297 g/mol. The van der Waals surface area contributed by atoms with Gasteiger partial charge in [0.15, 0.2) is 0 Å². The lowest BCUT2D eigenvalue weighted by molar-refractivity contribution is -0.129. The van der Waals surface area contributed by atoms with Gasteiger partial charge in [-0.05, 0) is 29.7 Å². The first-order valence-electron chi connectivity index (χ1n) is 7.20. The van der Waals surface area contributed by atoms with Crippen molar-refractivity contribution in [2.24, 2.45) is 0 Å². The van der Waals surface area contributed by atoms with Crippen molar-refractivity contribution in [3.8, 4) is 0 Å². The largest absolute Gasteiger partial charge is 0.355 e. The molecule has 0 saturated heterocycles. The Kier molecular flexibility index (Phi) is 6.11. The number of nitrogens with zero attached hydrogens (tertiary/aromatic N) is 1. The Morgan fingerprint density at radius 2 is 1.55 bits per heavy atom. The molecule has 0 aliphatic rings. The molecule has 0 atom stereocenters. The topological polar surface area (TPSA) is 71.1 Å². The number of nitrogens with one attached hydrogen (secondary N) is 2. The van der Waals surface area contributed by atoms with E-state index in [1.54, 1.807) is 12.4 Å². The van der Waals surface area contributed by atoms with Crippen LogP contribution in [0.4, 0.5) is 0 Å². The molecular formula is C17H19N3O2. The minimum atomic E-state index is -0.283. The van der Waals surface area contributed by atoms with E-state index in [-0.39, 0.29) is 18.2 Å². The minimum Gasteiger partial charge on any atom is -0.355 e. The number of carbonyl (C=O) groups excluding carboxylic acids is 2. The standard InChI is InChI=1S/C17H19N3O2/c21-16(19-11-8-14-4-2-1-3-5-14)12-17(22)20-13-15-6-9-18-10-7-15/h1-7,9-10H,8,11-13H2,(H,19,21)(H,20,22). The minimum absolute atomic E-state index is 0.153. The number of rotatable bonds is 7. The van der Waals surface area contributed by atoms with E-state index in [0.717, 1.165) is 17.5 Å². The Morgan fingerprint density at radius 3 is 2.27 bits per heavy atom. The number of carbonyl (C=O) groups is 2. The molecule has 2 rings (SSSR count). The zero-order chi connectivity index (χ0) is 15.6. The lowest BCUT2D eigenvalue weighted by atomic mass is 10.1. The van der Waals surface area contributed by atoms with E-state index in [4.69, 9.17) is 0 Å². The zero-order valence-corrected chi connectivity index (χ0v) is 12.3. The molecule has 0 bridgehead atoms. The van der Waals surface area contributed by atoms with Gasteiger partial charge in [0.2, 0.25) is 11.8 Å². The van der Waals surface area contributed by atoms with Crippen molar-refractivity contribution in [1.82, 2.24) is 15.6 Å². The molecule has 22 heavy (non-hydrogen) atoms. The smallest absolute Gasteiger partial charge is 0.229 e. The van der Waals surface area contributed by atoms with Crippen LogP contribution in [0, 0.1) is 0 Å². The maximum Gasteiger partial charge on any atom is 0.229 e. The first kappa shape index (κ1) is 15.7. The van der Waals surface area contributed by atoms with Gasteiger partial charge in [0.25, 0.3) is 0 Å². The van der Waals surface area contributed by atoms with Crippen LogP contribution in [0.2, 0.25) is 0 Å². The summed E-state index contributed by atoms with van der Waals surface area (Å²) in [5, 5.41) is 5.46. The molecule has 0 aliphatic carbocycles. The van der Waals surface area contributed by atoms with Crippen molar-refractivity contribution in [2.45, 2.75) is 19.4 Å². The number of hydrogen-bond donors (Lipinski definition) is 2. The van der Waals surface area contributed by atoms with Gasteiger partial charge >= 0.3 is 0 Å². The van der Waals surface area contributed by atoms with Gasteiger partial charge in [-0.15, -0.1) is 0 Å². The molecule has 5 nitrogen and oxygen atoms in total. The molecule has 2 amide bonds. The Hall–Kier alpha value is -2.69. The van der Waals surface area contributed by atoms with Crippen LogP contribution in [0.25, 0.3) is 0 Å². The van der Waals surface area contributed by atoms with Gasteiger partial charge in [-0.2, -0.15) is 0 Å². The van der Waals surface area contributed by atoms with Gasteiger partial charge < -0.3 is 10.6 Å². The quantitative estimate of drug-likeness (QED) is 0.760. The molecule has 0 aliphatic heterocycles. The molecule has 0 radical (unpaired) electrons. The van der Waals surface area contributed by atoms with E-state index < -0.39 is 0 Å². The van der Waals surface area contributed by atoms with Gasteiger partial charge in [0.05, 0.1) is 0 Å². The van der Waals surface area contributed by atoms with Crippen molar-refractivity contribution in [3.63, 3.8) is 0 Å². The van der Waals surface area contributed by atoms with Crippen molar-refractivity contribution >= 4 is 11.8 Å². The fourth-order valence-corrected chi connectivity index (χ4v) is 1.96. The molecule has 2 aromatic rings. The maximum atomic E-state index is 11.7. The molecule has 2 N–H and O–H groups in total. The third kappa shape index (κ3) is 5.75. The highest BCUT2D eigenvalue weighted by Gasteiger charge is 2.08. The second kappa shape index (κ2) is 8.56. The monoisotopic (exact) mass is 297 g/mol. The molecule has 114 valence electrons. The molecule has 1 aromatic heterocycles. The molecule has 1 heterocycles. The van der Waals surface area contributed by atoms with Gasteiger partial charge in [0.1, 0.15) is 6.42 Å². The van der Waals surface area contributed by atoms with Crippen LogP contribution >= 0.6 is 0 Å². The maximum absolute atomic E-state index is 11.7. The molecule has 0 fully saturated rings. The van der Waals surface area contributed by atoms with Gasteiger partial charge in [-0.25, -0.2) is 0 Å². The van der Waals surface area contributed by atoms with Crippen LogP contribution in [0.3, 0.4) is 0 Å². The van der Waals surface area contributed by atoms with Crippen LogP contribution in [0.15, 0.2) is 54.9 Å². The summed E-state index contributed by atoms with van der Waals surface area (Å²) in [6.07, 6.45) is 3.93. The third-order valence-corrected chi connectivity index (χ3v) is 3.14. The van der Waals surface area contributed by atoms with Gasteiger partial charge in [-0.1, -0.05) is 30.3 Å². The van der Waals surface area contributed by atoms with Crippen molar-refractivity contribution < 1.29 is 9.59 Å². The Bertz CT molecular complexity index is 600. The molecule has 5 heteroatoms. The summed E-state index contributed by atoms with van der Waals surface area (Å²) >= 11 is 0.